The van der Waals surface area contributed by atoms with E-state index in [1.165, 1.54) is 36.5 Å². The number of piperidine rings is 1. The van der Waals surface area contributed by atoms with E-state index in [0.717, 1.165) is 23.0 Å². The van der Waals surface area contributed by atoms with E-state index in [2.05, 4.69) is 42.1 Å². The summed E-state index contributed by atoms with van der Waals surface area (Å²) in [4.78, 5) is 12.9. The minimum atomic E-state index is 0.784. The van der Waals surface area contributed by atoms with Crippen molar-refractivity contribution in [2.45, 2.75) is 26.2 Å². The van der Waals surface area contributed by atoms with E-state index in [1.54, 1.807) is 11.3 Å². The molecule has 4 heteroatoms. The van der Waals surface area contributed by atoms with E-state index in [1.807, 2.05) is 6.20 Å². The highest BCUT2D eigenvalue weighted by Gasteiger charge is 2.17. The van der Waals surface area contributed by atoms with Crippen molar-refractivity contribution in [3.05, 3.63) is 35.0 Å². The summed E-state index contributed by atoms with van der Waals surface area (Å²) in [6.07, 6.45) is 5.61. The van der Waals surface area contributed by atoms with Gasteiger partial charge in [-0.25, -0.2) is 4.98 Å². The van der Waals surface area contributed by atoms with Crippen molar-refractivity contribution in [2.24, 2.45) is 5.92 Å². The average Bonchev–Trinajstić information content (AvgIpc) is 2.89. The van der Waals surface area contributed by atoms with Gasteiger partial charge < -0.3 is 4.90 Å². The van der Waals surface area contributed by atoms with Crippen LogP contribution in [0.15, 0.2) is 24.4 Å². The molecular formula is C16H21N3S. The lowest BCUT2D eigenvalue weighted by atomic mass is 9.92. The van der Waals surface area contributed by atoms with Gasteiger partial charge in [0.1, 0.15) is 5.01 Å². The zero-order valence-corrected chi connectivity index (χ0v) is 13.0. The number of pyridine rings is 1. The Kier molecular flexibility index (Phi) is 4.13. The van der Waals surface area contributed by atoms with E-state index in [4.69, 9.17) is 4.98 Å². The van der Waals surface area contributed by atoms with Crippen molar-refractivity contribution in [1.82, 2.24) is 14.9 Å². The summed E-state index contributed by atoms with van der Waals surface area (Å²) in [6.45, 7) is 4.52. The second kappa shape index (κ2) is 6.02. The molecule has 2 aromatic rings. The van der Waals surface area contributed by atoms with Crippen LogP contribution in [0.4, 0.5) is 0 Å². The molecule has 3 heterocycles. The molecule has 0 unspecified atom stereocenters. The Morgan fingerprint density at radius 3 is 2.80 bits per heavy atom. The van der Waals surface area contributed by atoms with Gasteiger partial charge in [0.05, 0.1) is 5.69 Å². The first-order valence-electron chi connectivity index (χ1n) is 7.28. The molecule has 0 amide bonds. The highest BCUT2D eigenvalue weighted by Crippen LogP contribution is 2.25. The molecule has 0 aromatic carbocycles. The summed E-state index contributed by atoms with van der Waals surface area (Å²) in [5, 5.41) is 1.03. The third-order valence-electron chi connectivity index (χ3n) is 3.98. The summed E-state index contributed by atoms with van der Waals surface area (Å²) in [6, 6.07) is 6.34. The van der Waals surface area contributed by atoms with Crippen molar-refractivity contribution in [3.8, 4) is 10.7 Å². The Labute approximate surface area is 124 Å². The number of hydrogen-bond acceptors (Lipinski definition) is 4. The maximum atomic E-state index is 4.80. The maximum Gasteiger partial charge on any atom is 0.142 e. The number of thiazole rings is 1. The Hall–Kier alpha value is -1.26. The van der Waals surface area contributed by atoms with Gasteiger partial charge in [-0.2, -0.15) is 0 Å². The van der Waals surface area contributed by atoms with Crippen molar-refractivity contribution in [1.29, 1.82) is 0 Å². The second-order valence-electron chi connectivity index (χ2n) is 5.74. The molecule has 1 aliphatic heterocycles. The van der Waals surface area contributed by atoms with Crippen LogP contribution < -0.4 is 0 Å². The normalized spacial score (nSPS) is 17.5. The summed E-state index contributed by atoms with van der Waals surface area (Å²) in [5.41, 5.74) is 2.23. The molecule has 1 saturated heterocycles. The van der Waals surface area contributed by atoms with E-state index in [-0.39, 0.29) is 0 Å². The van der Waals surface area contributed by atoms with Crippen LogP contribution in [-0.2, 0) is 6.42 Å². The average molecular weight is 287 g/mol. The summed E-state index contributed by atoms with van der Waals surface area (Å²) in [5.74, 6) is 0.784. The molecule has 20 heavy (non-hydrogen) atoms. The number of nitrogens with zero attached hydrogens (tertiary/aromatic N) is 3. The largest absolute Gasteiger partial charge is 0.306 e. The maximum absolute atomic E-state index is 4.80. The first-order valence-corrected chi connectivity index (χ1v) is 8.09. The molecule has 0 radical (unpaired) electrons. The molecule has 0 aliphatic carbocycles. The van der Waals surface area contributed by atoms with Gasteiger partial charge in [0.2, 0.25) is 0 Å². The fourth-order valence-corrected chi connectivity index (χ4v) is 3.48. The van der Waals surface area contributed by atoms with Gasteiger partial charge in [0, 0.05) is 16.8 Å². The quantitative estimate of drug-likeness (QED) is 0.866. The number of hydrogen-bond donors (Lipinski definition) is 0. The van der Waals surface area contributed by atoms with Gasteiger partial charge >= 0.3 is 0 Å². The lowest BCUT2D eigenvalue weighted by Gasteiger charge is -2.28. The molecule has 0 N–H and O–H groups in total. The van der Waals surface area contributed by atoms with Crippen molar-refractivity contribution >= 4 is 11.3 Å². The van der Waals surface area contributed by atoms with Gasteiger partial charge in [-0.1, -0.05) is 6.07 Å². The monoisotopic (exact) mass is 287 g/mol. The third kappa shape index (κ3) is 3.25. The minimum absolute atomic E-state index is 0.784. The Bertz CT molecular complexity index is 571. The lowest BCUT2D eigenvalue weighted by Crippen LogP contribution is -2.31. The Morgan fingerprint density at radius 1 is 1.30 bits per heavy atom. The molecule has 106 valence electrons. The first kappa shape index (κ1) is 13.7. The fraction of sp³-hybridized carbons (Fsp3) is 0.500. The van der Waals surface area contributed by atoms with Gasteiger partial charge in [0.15, 0.2) is 0 Å². The third-order valence-corrected chi connectivity index (χ3v) is 4.92. The topological polar surface area (TPSA) is 29.0 Å². The first-order chi connectivity index (χ1) is 9.70. The number of likely N-dealkylation sites (tertiary alicyclic amines) is 1. The van der Waals surface area contributed by atoms with E-state index >= 15 is 0 Å². The SMILES string of the molecule is Cc1cnc(-c2cccc(CC3CCN(C)CC3)n2)s1. The van der Waals surface area contributed by atoms with Crippen LogP contribution in [0.2, 0.25) is 0 Å². The molecule has 0 atom stereocenters. The van der Waals surface area contributed by atoms with Crippen molar-refractivity contribution in [3.63, 3.8) is 0 Å². The zero-order valence-electron chi connectivity index (χ0n) is 12.2. The van der Waals surface area contributed by atoms with E-state index in [0.29, 0.717) is 0 Å². The van der Waals surface area contributed by atoms with E-state index < -0.39 is 0 Å². The van der Waals surface area contributed by atoms with Crippen LogP contribution in [0.25, 0.3) is 10.7 Å². The minimum Gasteiger partial charge on any atom is -0.306 e. The molecule has 2 aromatic heterocycles. The van der Waals surface area contributed by atoms with Crippen LogP contribution >= 0.6 is 11.3 Å². The van der Waals surface area contributed by atoms with Gasteiger partial charge in [-0.05, 0) is 64.4 Å². The second-order valence-corrected chi connectivity index (χ2v) is 6.98. The summed E-state index contributed by atoms with van der Waals surface area (Å²) < 4.78 is 0. The molecule has 0 spiro atoms. The lowest BCUT2D eigenvalue weighted by molar-refractivity contribution is 0.218. The standard InChI is InChI=1S/C16H21N3S/c1-12-11-17-16(20-12)15-5-3-4-14(18-15)10-13-6-8-19(2)9-7-13/h3-5,11,13H,6-10H2,1-2H3. The zero-order chi connectivity index (χ0) is 13.9. The van der Waals surface area contributed by atoms with Crippen LogP contribution in [0.3, 0.4) is 0 Å². The van der Waals surface area contributed by atoms with Crippen LogP contribution in [-0.4, -0.2) is 35.0 Å². The molecule has 3 nitrogen and oxygen atoms in total. The molecule has 0 saturated carbocycles. The fourth-order valence-electron chi connectivity index (χ4n) is 2.75. The van der Waals surface area contributed by atoms with Gasteiger partial charge in [0.25, 0.3) is 0 Å². The number of aryl methyl sites for hydroxylation is 1. The highest BCUT2D eigenvalue weighted by molar-refractivity contribution is 7.14. The number of rotatable bonds is 3. The summed E-state index contributed by atoms with van der Waals surface area (Å²) >= 11 is 1.72. The highest BCUT2D eigenvalue weighted by atomic mass is 32.1. The van der Waals surface area contributed by atoms with Crippen LogP contribution in [0, 0.1) is 12.8 Å². The van der Waals surface area contributed by atoms with Gasteiger partial charge in [-0.15, -0.1) is 11.3 Å². The molecule has 3 rings (SSSR count). The smallest absolute Gasteiger partial charge is 0.142 e. The van der Waals surface area contributed by atoms with Crippen molar-refractivity contribution in [2.75, 3.05) is 20.1 Å². The van der Waals surface area contributed by atoms with Crippen LogP contribution in [0.5, 0.6) is 0 Å². The predicted octanol–water partition coefficient (Wildman–Crippen LogP) is 3.40. The van der Waals surface area contributed by atoms with Crippen LogP contribution in [0.1, 0.15) is 23.4 Å². The number of aromatic nitrogens is 2. The van der Waals surface area contributed by atoms with Crippen molar-refractivity contribution < 1.29 is 0 Å². The Morgan fingerprint density at radius 2 is 2.10 bits per heavy atom. The molecule has 1 aliphatic rings. The van der Waals surface area contributed by atoms with E-state index in [9.17, 15) is 0 Å². The predicted molar refractivity (Wildman–Crippen MR) is 84.0 cm³/mol. The summed E-state index contributed by atoms with van der Waals surface area (Å²) in [7, 11) is 2.21. The Balaban J connectivity index is 1.71. The molecule has 0 bridgehead atoms. The molecule has 1 fully saturated rings. The van der Waals surface area contributed by atoms with Gasteiger partial charge in [-0.3, -0.25) is 4.98 Å². The molecular weight excluding hydrogens is 266 g/mol.